The molecule has 1 heterocycles. The van der Waals surface area contributed by atoms with Crippen LogP contribution in [0.3, 0.4) is 0 Å². The van der Waals surface area contributed by atoms with E-state index < -0.39 is 0 Å². The first-order valence-electron chi connectivity index (χ1n) is 6.43. The van der Waals surface area contributed by atoms with E-state index in [1.165, 1.54) is 0 Å². The lowest BCUT2D eigenvalue weighted by molar-refractivity contribution is 0.0682. The maximum absolute atomic E-state index is 12.5. The molecule has 4 heteroatoms. The lowest BCUT2D eigenvalue weighted by Gasteiger charge is -2.30. The van der Waals surface area contributed by atoms with Crippen LogP contribution in [0.5, 0.6) is 0 Å². The number of halogens is 1. The first-order valence-corrected chi connectivity index (χ1v) is 7.55. The van der Waals surface area contributed by atoms with Crippen molar-refractivity contribution in [2.45, 2.75) is 39.7 Å². The van der Waals surface area contributed by atoms with E-state index in [1.54, 1.807) is 6.20 Å². The van der Waals surface area contributed by atoms with Crippen molar-refractivity contribution in [1.29, 1.82) is 0 Å². The van der Waals surface area contributed by atoms with Crippen molar-refractivity contribution in [1.82, 2.24) is 9.88 Å². The largest absolute Gasteiger partial charge is 0.335 e. The predicted molar refractivity (Wildman–Crippen MR) is 78.2 cm³/mol. The summed E-state index contributed by atoms with van der Waals surface area (Å²) >= 11 is 3.42. The van der Waals surface area contributed by atoms with Crippen molar-refractivity contribution < 1.29 is 4.79 Å². The smallest absolute Gasteiger partial charge is 0.255 e. The number of carbonyl (C=O) groups is 1. The van der Waals surface area contributed by atoms with Gasteiger partial charge in [0, 0.05) is 29.8 Å². The first-order chi connectivity index (χ1) is 8.63. The molecule has 0 saturated carbocycles. The molecule has 18 heavy (non-hydrogen) atoms. The zero-order valence-electron chi connectivity index (χ0n) is 11.3. The molecule has 1 aromatic rings. The van der Waals surface area contributed by atoms with Gasteiger partial charge in [-0.25, -0.2) is 0 Å². The molecule has 0 unspecified atom stereocenters. The van der Waals surface area contributed by atoms with Crippen molar-refractivity contribution in [3.63, 3.8) is 0 Å². The molecular formula is C14H21BrN2O. The van der Waals surface area contributed by atoms with Crippen molar-refractivity contribution >= 4 is 21.8 Å². The Bertz CT molecular complexity index is 374. The van der Waals surface area contributed by atoms with Crippen LogP contribution in [-0.2, 0) is 0 Å². The fraction of sp³-hybridized carbons (Fsp3) is 0.571. The van der Waals surface area contributed by atoms with Gasteiger partial charge in [-0.05, 0) is 31.9 Å². The summed E-state index contributed by atoms with van der Waals surface area (Å²) < 4.78 is 0. The lowest BCUT2D eigenvalue weighted by Crippen LogP contribution is -2.41. The Balaban J connectivity index is 2.91. The summed E-state index contributed by atoms with van der Waals surface area (Å²) in [5, 5.41) is 0.800. The molecule has 0 bridgehead atoms. The lowest BCUT2D eigenvalue weighted by atomic mass is 10.1. The van der Waals surface area contributed by atoms with Gasteiger partial charge in [0.2, 0.25) is 0 Å². The molecule has 0 atom stereocenters. The molecule has 0 spiro atoms. The minimum absolute atomic E-state index is 0.0793. The highest BCUT2D eigenvalue weighted by atomic mass is 79.9. The van der Waals surface area contributed by atoms with Crippen LogP contribution >= 0.6 is 15.9 Å². The number of hydrogen-bond acceptors (Lipinski definition) is 2. The number of aryl methyl sites for hydroxylation is 1. The number of pyridine rings is 1. The Morgan fingerprint density at radius 3 is 2.50 bits per heavy atom. The standard InChI is InChI=1S/C14H21BrN2O/c1-4-13(5-2)17(9-8-15)14(18)12-7-6-11(3)16-10-12/h6-7,10,13H,4-5,8-9H2,1-3H3. The number of rotatable bonds is 6. The zero-order valence-corrected chi connectivity index (χ0v) is 12.9. The molecule has 0 aliphatic heterocycles. The van der Waals surface area contributed by atoms with E-state index in [9.17, 15) is 4.79 Å². The average Bonchev–Trinajstić information content (AvgIpc) is 2.39. The second kappa shape index (κ2) is 7.52. The number of aromatic nitrogens is 1. The highest BCUT2D eigenvalue weighted by Crippen LogP contribution is 2.14. The molecule has 0 radical (unpaired) electrons. The number of amides is 1. The fourth-order valence-electron chi connectivity index (χ4n) is 2.03. The Hall–Kier alpha value is -0.900. The second-order valence-corrected chi connectivity index (χ2v) is 5.14. The maximum atomic E-state index is 12.5. The molecule has 1 rings (SSSR count). The van der Waals surface area contributed by atoms with Crippen LogP contribution in [0.1, 0.15) is 42.7 Å². The van der Waals surface area contributed by atoms with Crippen LogP contribution in [0.15, 0.2) is 18.3 Å². The monoisotopic (exact) mass is 312 g/mol. The summed E-state index contributed by atoms with van der Waals surface area (Å²) in [6.45, 7) is 6.90. The van der Waals surface area contributed by atoms with E-state index >= 15 is 0 Å². The second-order valence-electron chi connectivity index (χ2n) is 4.35. The zero-order chi connectivity index (χ0) is 13.5. The third-order valence-electron chi connectivity index (χ3n) is 3.13. The quantitative estimate of drug-likeness (QED) is 0.754. The third kappa shape index (κ3) is 3.80. The molecule has 0 fully saturated rings. The van der Waals surface area contributed by atoms with Gasteiger partial charge in [0.15, 0.2) is 0 Å². The predicted octanol–water partition coefficient (Wildman–Crippen LogP) is 3.42. The molecule has 0 aliphatic rings. The van der Waals surface area contributed by atoms with E-state index in [2.05, 4.69) is 34.8 Å². The van der Waals surface area contributed by atoms with Gasteiger partial charge in [0.05, 0.1) is 5.56 Å². The Labute approximate surface area is 118 Å². The number of alkyl halides is 1. The van der Waals surface area contributed by atoms with Crippen molar-refractivity contribution in [3.8, 4) is 0 Å². The van der Waals surface area contributed by atoms with Gasteiger partial charge < -0.3 is 4.90 Å². The van der Waals surface area contributed by atoms with Crippen LogP contribution in [0.4, 0.5) is 0 Å². The van der Waals surface area contributed by atoms with Crippen LogP contribution in [0.2, 0.25) is 0 Å². The molecule has 0 aromatic carbocycles. The highest BCUT2D eigenvalue weighted by Gasteiger charge is 2.21. The molecule has 3 nitrogen and oxygen atoms in total. The summed E-state index contributed by atoms with van der Waals surface area (Å²) in [6, 6.07) is 4.04. The number of hydrogen-bond donors (Lipinski definition) is 0. The first kappa shape index (κ1) is 15.2. The van der Waals surface area contributed by atoms with Crippen molar-refractivity contribution in [3.05, 3.63) is 29.6 Å². The van der Waals surface area contributed by atoms with Gasteiger partial charge in [-0.2, -0.15) is 0 Å². The van der Waals surface area contributed by atoms with E-state index in [1.807, 2.05) is 24.0 Å². The molecule has 1 amide bonds. The molecular weight excluding hydrogens is 292 g/mol. The van der Waals surface area contributed by atoms with E-state index in [4.69, 9.17) is 0 Å². The van der Waals surface area contributed by atoms with Crippen LogP contribution in [-0.4, -0.2) is 33.7 Å². The summed E-state index contributed by atoms with van der Waals surface area (Å²) in [5.74, 6) is 0.0793. The minimum Gasteiger partial charge on any atom is -0.335 e. The normalized spacial score (nSPS) is 10.7. The third-order valence-corrected chi connectivity index (χ3v) is 3.48. The Morgan fingerprint density at radius 2 is 2.06 bits per heavy atom. The average molecular weight is 313 g/mol. The summed E-state index contributed by atoms with van der Waals surface area (Å²) in [4.78, 5) is 18.6. The van der Waals surface area contributed by atoms with Gasteiger partial charge >= 0.3 is 0 Å². The van der Waals surface area contributed by atoms with Gasteiger partial charge in [-0.1, -0.05) is 29.8 Å². The van der Waals surface area contributed by atoms with Gasteiger partial charge in [-0.15, -0.1) is 0 Å². The fourth-order valence-corrected chi connectivity index (χ4v) is 2.41. The highest BCUT2D eigenvalue weighted by molar-refractivity contribution is 9.09. The van der Waals surface area contributed by atoms with E-state index in [-0.39, 0.29) is 5.91 Å². The maximum Gasteiger partial charge on any atom is 0.255 e. The molecule has 0 saturated heterocycles. The Morgan fingerprint density at radius 1 is 1.39 bits per heavy atom. The van der Waals surface area contributed by atoms with Gasteiger partial charge in [0.1, 0.15) is 0 Å². The van der Waals surface area contributed by atoms with Gasteiger partial charge in [0.25, 0.3) is 5.91 Å². The summed E-state index contributed by atoms with van der Waals surface area (Å²) in [6.07, 6.45) is 3.63. The van der Waals surface area contributed by atoms with E-state index in [0.717, 1.165) is 30.4 Å². The van der Waals surface area contributed by atoms with Crippen LogP contribution in [0.25, 0.3) is 0 Å². The van der Waals surface area contributed by atoms with Gasteiger partial charge in [-0.3, -0.25) is 9.78 Å². The van der Waals surface area contributed by atoms with Crippen molar-refractivity contribution in [2.75, 3.05) is 11.9 Å². The molecule has 100 valence electrons. The van der Waals surface area contributed by atoms with Crippen LogP contribution < -0.4 is 0 Å². The van der Waals surface area contributed by atoms with Crippen molar-refractivity contribution in [2.24, 2.45) is 0 Å². The minimum atomic E-state index is 0.0793. The van der Waals surface area contributed by atoms with Crippen LogP contribution in [0, 0.1) is 6.92 Å². The van der Waals surface area contributed by atoms with E-state index in [0.29, 0.717) is 11.6 Å². The molecule has 0 aliphatic carbocycles. The number of nitrogens with zero attached hydrogens (tertiary/aromatic N) is 2. The number of carbonyl (C=O) groups excluding carboxylic acids is 1. The summed E-state index contributed by atoms with van der Waals surface area (Å²) in [5.41, 5.74) is 1.61. The SMILES string of the molecule is CCC(CC)N(CCBr)C(=O)c1ccc(C)nc1. The summed E-state index contributed by atoms with van der Waals surface area (Å²) in [7, 11) is 0. The topological polar surface area (TPSA) is 33.2 Å². The molecule has 1 aromatic heterocycles. The Kier molecular flexibility index (Phi) is 6.33. The molecule has 0 N–H and O–H groups in total.